The molecule has 0 aliphatic carbocycles. The molecule has 0 radical (unpaired) electrons. The van der Waals surface area contributed by atoms with Gasteiger partial charge in [0.2, 0.25) is 0 Å². The number of aromatic nitrogens is 1. The van der Waals surface area contributed by atoms with Crippen molar-refractivity contribution in [3.8, 4) is 11.5 Å². The Bertz CT molecular complexity index is 1160. The summed E-state index contributed by atoms with van der Waals surface area (Å²) in [6.07, 6.45) is 0.964. The van der Waals surface area contributed by atoms with Gasteiger partial charge in [-0.1, -0.05) is 54.7 Å². The van der Waals surface area contributed by atoms with E-state index in [1.54, 1.807) is 36.3 Å². The van der Waals surface area contributed by atoms with E-state index in [9.17, 15) is 4.79 Å². The molecule has 0 saturated heterocycles. The van der Waals surface area contributed by atoms with Gasteiger partial charge in [-0.2, -0.15) is 0 Å². The van der Waals surface area contributed by atoms with E-state index >= 15 is 0 Å². The molecule has 4 aromatic rings. The third kappa shape index (κ3) is 5.03. The van der Waals surface area contributed by atoms with E-state index in [0.717, 1.165) is 28.0 Å². The van der Waals surface area contributed by atoms with Gasteiger partial charge in [0.25, 0.3) is 5.91 Å². The van der Waals surface area contributed by atoms with Gasteiger partial charge in [0, 0.05) is 0 Å². The van der Waals surface area contributed by atoms with Crippen molar-refractivity contribution in [2.75, 3.05) is 18.6 Å². The Morgan fingerprint density at radius 1 is 0.968 bits per heavy atom. The summed E-state index contributed by atoms with van der Waals surface area (Å²) in [6, 6.07) is 23.4. The highest BCUT2D eigenvalue weighted by Crippen LogP contribution is 2.31. The lowest BCUT2D eigenvalue weighted by atomic mass is 10.2. The first-order chi connectivity index (χ1) is 15.2. The minimum absolute atomic E-state index is 0.0741. The number of ether oxygens (including phenoxy) is 2. The van der Waals surface area contributed by atoms with Gasteiger partial charge in [-0.05, 0) is 53.9 Å². The topological polar surface area (TPSA) is 51.7 Å². The molecule has 1 aromatic heterocycles. The zero-order valence-corrected chi connectivity index (χ0v) is 18.4. The fourth-order valence-electron chi connectivity index (χ4n) is 3.22. The van der Waals surface area contributed by atoms with Gasteiger partial charge in [-0.15, -0.1) is 0 Å². The summed E-state index contributed by atoms with van der Waals surface area (Å²) >= 11 is 1.53. The Labute approximate surface area is 185 Å². The van der Waals surface area contributed by atoms with Crippen LogP contribution in [0.3, 0.4) is 0 Å². The Balaban J connectivity index is 1.58. The maximum atomic E-state index is 13.2. The van der Waals surface area contributed by atoms with Gasteiger partial charge < -0.3 is 9.47 Å². The highest BCUT2D eigenvalue weighted by Gasteiger charge is 2.21. The second kappa shape index (κ2) is 9.62. The molecule has 0 unspecified atom stereocenters. The van der Waals surface area contributed by atoms with Crippen LogP contribution in [-0.2, 0) is 17.8 Å². The van der Waals surface area contributed by atoms with Crippen LogP contribution in [0.1, 0.15) is 18.1 Å². The van der Waals surface area contributed by atoms with Gasteiger partial charge in [0.1, 0.15) is 11.5 Å². The molecule has 1 heterocycles. The van der Waals surface area contributed by atoms with E-state index in [4.69, 9.17) is 14.5 Å². The molecular formula is C25H24N2O3S. The number of aryl methyl sites for hydroxylation is 1. The van der Waals surface area contributed by atoms with E-state index in [1.165, 1.54) is 16.9 Å². The van der Waals surface area contributed by atoms with Crippen LogP contribution in [0.25, 0.3) is 10.2 Å². The van der Waals surface area contributed by atoms with Crippen LogP contribution in [0.2, 0.25) is 0 Å². The molecule has 3 aromatic carbocycles. The second-order valence-electron chi connectivity index (χ2n) is 7.08. The molecule has 4 rings (SSSR count). The summed E-state index contributed by atoms with van der Waals surface area (Å²) in [5.41, 5.74) is 3.19. The van der Waals surface area contributed by atoms with E-state index in [1.807, 2.05) is 36.4 Å². The van der Waals surface area contributed by atoms with Gasteiger partial charge in [0.15, 0.2) is 11.7 Å². The normalized spacial score (nSPS) is 10.8. The van der Waals surface area contributed by atoms with Gasteiger partial charge in [-0.3, -0.25) is 9.69 Å². The average molecular weight is 433 g/mol. The van der Waals surface area contributed by atoms with Crippen LogP contribution >= 0.6 is 11.3 Å². The van der Waals surface area contributed by atoms with Crippen molar-refractivity contribution in [1.29, 1.82) is 0 Å². The zero-order valence-electron chi connectivity index (χ0n) is 17.6. The number of amides is 1. The SMILES string of the molecule is CCc1ccc2nc(N(Cc3ccccc3)C(=O)COc3ccc(OC)cc3)sc2c1. The minimum Gasteiger partial charge on any atom is -0.497 e. The lowest BCUT2D eigenvalue weighted by Crippen LogP contribution is -2.34. The van der Waals surface area contributed by atoms with Crippen LogP contribution in [-0.4, -0.2) is 24.6 Å². The molecule has 0 fully saturated rings. The first-order valence-corrected chi connectivity index (χ1v) is 11.0. The monoisotopic (exact) mass is 432 g/mol. The minimum atomic E-state index is -0.144. The van der Waals surface area contributed by atoms with Crippen molar-refractivity contribution >= 4 is 32.6 Å². The van der Waals surface area contributed by atoms with Crippen LogP contribution in [0.15, 0.2) is 72.8 Å². The molecule has 0 bridgehead atoms. The fourth-order valence-corrected chi connectivity index (χ4v) is 4.26. The molecule has 1 amide bonds. The van der Waals surface area contributed by atoms with Crippen molar-refractivity contribution in [3.05, 3.63) is 83.9 Å². The number of benzene rings is 3. The summed E-state index contributed by atoms with van der Waals surface area (Å²) in [5, 5.41) is 0.676. The lowest BCUT2D eigenvalue weighted by Gasteiger charge is -2.20. The smallest absolute Gasteiger partial charge is 0.267 e. The standard InChI is InChI=1S/C25H24N2O3S/c1-3-18-9-14-22-23(15-18)31-25(26-22)27(16-19-7-5-4-6-8-19)24(28)17-30-21-12-10-20(29-2)11-13-21/h4-15H,3,16-17H2,1-2H3. The van der Waals surface area contributed by atoms with Crippen LogP contribution < -0.4 is 14.4 Å². The highest BCUT2D eigenvalue weighted by atomic mass is 32.1. The summed E-state index contributed by atoms with van der Waals surface area (Å²) in [7, 11) is 1.61. The van der Waals surface area contributed by atoms with Crippen molar-refractivity contribution in [1.82, 2.24) is 4.98 Å². The van der Waals surface area contributed by atoms with Crippen molar-refractivity contribution in [2.45, 2.75) is 19.9 Å². The molecule has 0 aliphatic heterocycles. The number of fused-ring (bicyclic) bond motifs is 1. The predicted molar refractivity (Wildman–Crippen MR) is 125 cm³/mol. The molecule has 31 heavy (non-hydrogen) atoms. The van der Waals surface area contributed by atoms with Gasteiger partial charge >= 0.3 is 0 Å². The Morgan fingerprint density at radius 3 is 2.42 bits per heavy atom. The number of nitrogens with zero attached hydrogens (tertiary/aromatic N) is 2. The molecular weight excluding hydrogens is 408 g/mol. The van der Waals surface area contributed by atoms with E-state index in [0.29, 0.717) is 17.4 Å². The molecule has 0 atom stereocenters. The number of carbonyl (C=O) groups excluding carboxylic acids is 1. The summed E-state index contributed by atoms with van der Waals surface area (Å²) < 4.78 is 12.0. The number of rotatable bonds is 8. The van der Waals surface area contributed by atoms with E-state index < -0.39 is 0 Å². The maximum absolute atomic E-state index is 13.2. The average Bonchev–Trinajstić information content (AvgIpc) is 3.25. The maximum Gasteiger partial charge on any atom is 0.267 e. The van der Waals surface area contributed by atoms with Crippen molar-refractivity contribution < 1.29 is 14.3 Å². The zero-order chi connectivity index (χ0) is 21.6. The molecule has 0 saturated carbocycles. The number of hydrogen-bond donors (Lipinski definition) is 0. The van der Waals surface area contributed by atoms with Gasteiger partial charge in [-0.25, -0.2) is 4.98 Å². The van der Waals surface area contributed by atoms with E-state index in [2.05, 4.69) is 19.1 Å². The third-order valence-corrected chi connectivity index (χ3v) is 6.03. The molecule has 0 N–H and O–H groups in total. The number of carbonyl (C=O) groups is 1. The molecule has 6 heteroatoms. The van der Waals surface area contributed by atoms with Gasteiger partial charge in [0.05, 0.1) is 23.9 Å². The predicted octanol–water partition coefficient (Wildman–Crippen LogP) is 5.48. The largest absolute Gasteiger partial charge is 0.497 e. The Morgan fingerprint density at radius 2 is 1.71 bits per heavy atom. The summed E-state index contributed by atoms with van der Waals surface area (Å²) in [4.78, 5) is 19.6. The fraction of sp³-hybridized carbons (Fsp3) is 0.200. The van der Waals surface area contributed by atoms with Crippen molar-refractivity contribution in [2.24, 2.45) is 0 Å². The second-order valence-corrected chi connectivity index (χ2v) is 8.09. The number of anilines is 1. The van der Waals surface area contributed by atoms with E-state index in [-0.39, 0.29) is 12.5 Å². The lowest BCUT2D eigenvalue weighted by molar-refractivity contribution is -0.120. The number of thiazole rings is 1. The number of methoxy groups -OCH3 is 1. The Hall–Kier alpha value is -3.38. The quantitative estimate of drug-likeness (QED) is 0.370. The first kappa shape index (κ1) is 20.9. The molecule has 0 aliphatic rings. The molecule has 158 valence electrons. The summed E-state index contributed by atoms with van der Waals surface area (Å²) in [6.45, 7) is 2.49. The summed E-state index contributed by atoms with van der Waals surface area (Å²) in [5.74, 6) is 1.21. The molecule has 5 nitrogen and oxygen atoms in total. The highest BCUT2D eigenvalue weighted by molar-refractivity contribution is 7.22. The number of hydrogen-bond acceptors (Lipinski definition) is 5. The van der Waals surface area contributed by atoms with Crippen LogP contribution in [0.4, 0.5) is 5.13 Å². The first-order valence-electron chi connectivity index (χ1n) is 10.2. The van der Waals surface area contributed by atoms with Crippen molar-refractivity contribution in [3.63, 3.8) is 0 Å². The van der Waals surface area contributed by atoms with Crippen LogP contribution in [0.5, 0.6) is 11.5 Å². The molecule has 0 spiro atoms. The third-order valence-electron chi connectivity index (χ3n) is 4.99. The Kier molecular flexibility index (Phi) is 6.48. The van der Waals surface area contributed by atoms with Crippen LogP contribution in [0, 0.1) is 0 Å².